The smallest absolute Gasteiger partial charge is 0.270 e. The van der Waals surface area contributed by atoms with E-state index in [2.05, 4.69) is 10.3 Å². The van der Waals surface area contributed by atoms with Crippen LogP contribution in [-0.4, -0.2) is 24.5 Å². The van der Waals surface area contributed by atoms with Crippen LogP contribution in [0.5, 0.6) is 0 Å². The first kappa shape index (κ1) is 17.6. The van der Waals surface area contributed by atoms with Gasteiger partial charge in [-0.15, -0.1) is 11.3 Å². The fourth-order valence-electron chi connectivity index (χ4n) is 2.42. The van der Waals surface area contributed by atoms with Crippen molar-refractivity contribution in [1.29, 1.82) is 0 Å². The van der Waals surface area contributed by atoms with Gasteiger partial charge in [0, 0.05) is 35.2 Å². The van der Waals surface area contributed by atoms with E-state index < -0.39 is 0 Å². The molecule has 1 amide bonds. The summed E-state index contributed by atoms with van der Waals surface area (Å²) in [5.74, 6) is -0.229. The molecule has 0 aliphatic rings. The summed E-state index contributed by atoms with van der Waals surface area (Å²) < 4.78 is 5.46. The molecule has 128 valence electrons. The van der Waals surface area contributed by atoms with Crippen LogP contribution in [0.1, 0.15) is 22.2 Å². The maximum Gasteiger partial charge on any atom is 0.270 e. The zero-order valence-electron chi connectivity index (χ0n) is 13.6. The Labute approximate surface area is 155 Å². The van der Waals surface area contributed by atoms with Gasteiger partial charge < -0.3 is 10.1 Å². The molecule has 1 aromatic heterocycles. The Hall–Kier alpha value is -2.21. The maximum absolute atomic E-state index is 12.4. The Morgan fingerprint density at radius 3 is 2.64 bits per heavy atom. The number of nitrogens with zero attached hydrogens (tertiary/aromatic N) is 1. The number of carbonyl (C=O) groups is 1. The van der Waals surface area contributed by atoms with Crippen LogP contribution in [0.3, 0.4) is 0 Å². The molecule has 0 saturated heterocycles. The summed E-state index contributed by atoms with van der Waals surface area (Å²) in [6.07, 6.45) is -0.315. The van der Waals surface area contributed by atoms with Crippen molar-refractivity contribution in [3.05, 3.63) is 76.3 Å². The maximum atomic E-state index is 12.4. The highest BCUT2D eigenvalue weighted by Gasteiger charge is 2.17. The van der Waals surface area contributed by atoms with Crippen LogP contribution in [0.15, 0.2) is 60.0 Å². The largest absolute Gasteiger partial charge is 0.375 e. The average Bonchev–Trinajstić information content (AvgIpc) is 3.14. The second-order valence-electron chi connectivity index (χ2n) is 5.36. The molecule has 3 rings (SSSR count). The first-order chi connectivity index (χ1) is 12.2. The van der Waals surface area contributed by atoms with Gasteiger partial charge in [-0.3, -0.25) is 4.79 Å². The number of halogens is 1. The molecule has 4 nitrogen and oxygen atoms in total. The van der Waals surface area contributed by atoms with Crippen LogP contribution < -0.4 is 5.32 Å². The SMILES string of the molecule is CO[C@H](CNC(=O)c1csc(-c2ccccc2)n1)c1ccccc1Cl. The van der Waals surface area contributed by atoms with E-state index in [-0.39, 0.29) is 12.0 Å². The fourth-order valence-corrected chi connectivity index (χ4v) is 3.49. The van der Waals surface area contributed by atoms with Gasteiger partial charge in [0.25, 0.3) is 5.91 Å². The van der Waals surface area contributed by atoms with Crippen LogP contribution in [0.4, 0.5) is 0 Å². The number of hydrogen-bond acceptors (Lipinski definition) is 4. The molecule has 0 aliphatic heterocycles. The van der Waals surface area contributed by atoms with Crippen LogP contribution >= 0.6 is 22.9 Å². The molecule has 0 spiro atoms. The molecule has 0 bridgehead atoms. The Balaban J connectivity index is 1.66. The van der Waals surface area contributed by atoms with Gasteiger partial charge in [0.1, 0.15) is 16.8 Å². The lowest BCUT2D eigenvalue weighted by molar-refractivity contribution is 0.0825. The van der Waals surface area contributed by atoms with Crippen molar-refractivity contribution in [2.45, 2.75) is 6.10 Å². The summed E-state index contributed by atoms with van der Waals surface area (Å²) in [6, 6.07) is 17.2. The molecule has 0 fully saturated rings. The second kappa shape index (κ2) is 8.25. The molecule has 3 aromatic rings. The molecule has 1 heterocycles. The first-order valence-electron chi connectivity index (χ1n) is 7.75. The van der Waals surface area contributed by atoms with Crippen molar-refractivity contribution in [2.75, 3.05) is 13.7 Å². The van der Waals surface area contributed by atoms with Crippen molar-refractivity contribution >= 4 is 28.8 Å². The van der Waals surface area contributed by atoms with Gasteiger partial charge >= 0.3 is 0 Å². The van der Waals surface area contributed by atoms with Crippen LogP contribution in [0.2, 0.25) is 5.02 Å². The Morgan fingerprint density at radius 1 is 1.20 bits per heavy atom. The third-order valence-corrected chi connectivity index (χ3v) is 4.98. The number of hydrogen-bond donors (Lipinski definition) is 1. The number of ether oxygens (including phenoxy) is 1. The second-order valence-corrected chi connectivity index (χ2v) is 6.63. The molecule has 6 heteroatoms. The number of thiazole rings is 1. The van der Waals surface area contributed by atoms with E-state index in [1.54, 1.807) is 18.6 Å². The molecule has 25 heavy (non-hydrogen) atoms. The number of benzene rings is 2. The highest BCUT2D eigenvalue weighted by atomic mass is 35.5. The van der Waals surface area contributed by atoms with E-state index in [4.69, 9.17) is 16.3 Å². The summed E-state index contributed by atoms with van der Waals surface area (Å²) in [6.45, 7) is 0.317. The minimum Gasteiger partial charge on any atom is -0.375 e. The van der Waals surface area contributed by atoms with E-state index in [0.717, 1.165) is 16.1 Å². The van der Waals surface area contributed by atoms with Gasteiger partial charge in [-0.05, 0) is 6.07 Å². The number of rotatable bonds is 6. The number of nitrogens with one attached hydrogen (secondary N) is 1. The molecule has 0 radical (unpaired) electrons. The minimum atomic E-state index is -0.315. The fraction of sp³-hybridized carbons (Fsp3) is 0.158. The molecule has 1 atom stereocenters. The lowest BCUT2D eigenvalue weighted by atomic mass is 10.1. The lowest BCUT2D eigenvalue weighted by Gasteiger charge is -2.17. The highest BCUT2D eigenvalue weighted by molar-refractivity contribution is 7.13. The van der Waals surface area contributed by atoms with Gasteiger partial charge in [0.15, 0.2) is 0 Å². The third kappa shape index (κ3) is 4.25. The lowest BCUT2D eigenvalue weighted by Crippen LogP contribution is -2.29. The average molecular weight is 373 g/mol. The molecular weight excluding hydrogens is 356 g/mol. The normalized spacial score (nSPS) is 11.9. The van der Waals surface area contributed by atoms with Crippen molar-refractivity contribution in [1.82, 2.24) is 10.3 Å². The predicted octanol–water partition coefficient (Wildman–Crippen LogP) is 4.58. The monoisotopic (exact) mass is 372 g/mol. The number of methoxy groups -OCH3 is 1. The van der Waals surface area contributed by atoms with E-state index in [1.807, 2.05) is 48.5 Å². The van der Waals surface area contributed by atoms with Gasteiger partial charge in [0.05, 0.1) is 0 Å². The van der Waals surface area contributed by atoms with E-state index in [0.29, 0.717) is 17.3 Å². The first-order valence-corrected chi connectivity index (χ1v) is 9.01. The van der Waals surface area contributed by atoms with E-state index in [9.17, 15) is 4.79 Å². The minimum absolute atomic E-state index is 0.229. The van der Waals surface area contributed by atoms with Gasteiger partial charge in [-0.25, -0.2) is 4.98 Å². The van der Waals surface area contributed by atoms with Gasteiger partial charge in [0.2, 0.25) is 0 Å². The predicted molar refractivity (Wildman–Crippen MR) is 101 cm³/mol. The van der Waals surface area contributed by atoms with Crippen molar-refractivity contribution in [2.24, 2.45) is 0 Å². The molecule has 0 saturated carbocycles. The third-order valence-electron chi connectivity index (χ3n) is 3.74. The molecular formula is C19H17ClN2O2S. The summed E-state index contributed by atoms with van der Waals surface area (Å²) in [4.78, 5) is 16.8. The zero-order chi connectivity index (χ0) is 17.6. The quantitative estimate of drug-likeness (QED) is 0.689. The number of carbonyl (C=O) groups excluding carboxylic acids is 1. The Morgan fingerprint density at radius 2 is 1.92 bits per heavy atom. The molecule has 0 aliphatic carbocycles. The molecule has 1 N–H and O–H groups in total. The summed E-state index contributed by atoms with van der Waals surface area (Å²) in [7, 11) is 1.59. The van der Waals surface area contributed by atoms with Crippen LogP contribution in [0, 0.1) is 0 Å². The summed E-state index contributed by atoms with van der Waals surface area (Å²) in [5.41, 5.74) is 2.24. The van der Waals surface area contributed by atoms with E-state index >= 15 is 0 Å². The Kier molecular flexibility index (Phi) is 5.81. The molecule has 0 unspecified atom stereocenters. The topological polar surface area (TPSA) is 51.2 Å². The number of amides is 1. The van der Waals surface area contributed by atoms with Crippen molar-refractivity contribution < 1.29 is 9.53 Å². The standard InChI is InChI=1S/C19H17ClN2O2S/c1-24-17(14-9-5-6-10-15(14)20)11-21-18(23)16-12-25-19(22-16)13-7-3-2-4-8-13/h2-10,12,17H,11H2,1H3,(H,21,23)/t17-/m1/s1. The zero-order valence-corrected chi connectivity index (χ0v) is 15.2. The van der Waals surface area contributed by atoms with Crippen LogP contribution in [0.25, 0.3) is 10.6 Å². The van der Waals surface area contributed by atoms with Gasteiger partial charge in [-0.2, -0.15) is 0 Å². The van der Waals surface area contributed by atoms with Crippen molar-refractivity contribution in [3.63, 3.8) is 0 Å². The number of aromatic nitrogens is 1. The Bertz CT molecular complexity index is 851. The van der Waals surface area contributed by atoms with Gasteiger partial charge in [-0.1, -0.05) is 60.1 Å². The van der Waals surface area contributed by atoms with Crippen LogP contribution in [-0.2, 0) is 4.74 Å². The highest BCUT2D eigenvalue weighted by Crippen LogP contribution is 2.25. The molecule has 2 aromatic carbocycles. The van der Waals surface area contributed by atoms with E-state index in [1.165, 1.54) is 11.3 Å². The summed E-state index contributed by atoms with van der Waals surface area (Å²) in [5, 5.41) is 6.05. The summed E-state index contributed by atoms with van der Waals surface area (Å²) >= 11 is 7.64. The van der Waals surface area contributed by atoms with Crippen molar-refractivity contribution in [3.8, 4) is 10.6 Å².